The highest BCUT2D eigenvalue weighted by Gasteiger charge is 2.19. The highest BCUT2D eigenvalue weighted by molar-refractivity contribution is 7.99. The Morgan fingerprint density at radius 1 is 0.806 bits per heavy atom. The molecule has 6 nitrogen and oxygen atoms in total. The lowest BCUT2D eigenvalue weighted by Gasteiger charge is -2.21. The molecule has 0 aromatic heterocycles. The van der Waals surface area contributed by atoms with E-state index in [1.807, 2.05) is 41.7 Å². The number of hydrogen-bond donors (Lipinski definition) is 2. The number of aromatic hydroxyl groups is 2. The molecule has 0 radical (unpaired) electrons. The third-order valence-corrected chi connectivity index (χ3v) is 7.37. The van der Waals surface area contributed by atoms with E-state index in [4.69, 9.17) is 4.74 Å². The third kappa shape index (κ3) is 7.53. The number of thioether (sulfide) groups is 2. The summed E-state index contributed by atoms with van der Waals surface area (Å²) in [5, 5.41) is 19.9. The molecule has 0 unspecified atom stereocenters. The lowest BCUT2D eigenvalue weighted by molar-refractivity contribution is 0.0870. The van der Waals surface area contributed by atoms with Crippen LogP contribution in [0.1, 0.15) is 32.7 Å². The van der Waals surface area contributed by atoms with Crippen LogP contribution in [0.15, 0.2) is 70.5 Å². The van der Waals surface area contributed by atoms with Gasteiger partial charge in [0.15, 0.2) is 11.6 Å². The molecule has 3 aromatic carbocycles. The van der Waals surface area contributed by atoms with Gasteiger partial charge in [-0.05, 0) is 86.0 Å². The summed E-state index contributed by atoms with van der Waals surface area (Å²) in [5.74, 6) is 0.856. The Bertz CT molecular complexity index is 1130. The number of aryl methyl sites for hydroxylation is 1. The van der Waals surface area contributed by atoms with Crippen LogP contribution in [0.3, 0.4) is 0 Å². The first-order valence-electron chi connectivity index (χ1n) is 11.5. The molecule has 0 atom stereocenters. The molecule has 0 bridgehead atoms. The van der Waals surface area contributed by atoms with E-state index in [0.29, 0.717) is 27.5 Å². The van der Waals surface area contributed by atoms with Crippen LogP contribution in [0, 0.1) is 0 Å². The summed E-state index contributed by atoms with van der Waals surface area (Å²) in [6, 6.07) is 17.5. The number of hydrogen-bond acceptors (Lipinski definition) is 8. The van der Waals surface area contributed by atoms with Gasteiger partial charge in [-0.3, -0.25) is 14.5 Å². The number of rotatable bonds is 13. The molecule has 0 aliphatic rings. The van der Waals surface area contributed by atoms with Crippen molar-refractivity contribution < 1.29 is 24.5 Å². The molecule has 0 heterocycles. The molecular formula is C28H31NO5S2. The summed E-state index contributed by atoms with van der Waals surface area (Å²) >= 11 is 2.74. The topological polar surface area (TPSA) is 87.1 Å². The predicted octanol–water partition coefficient (Wildman–Crippen LogP) is 5.55. The van der Waals surface area contributed by atoms with E-state index in [1.165, 1.54) is 35.7 Å². The Labute approximate surface area is 220 Å². The van der Waals surface area contributed by atoms with Crippen molar-refractivity contribution in [3.05, 3.63) is 77.4 Å². The maximum absolute atomic E-state index is 13.1. The second kappa shape index (κ2) is 13.4. The van der Waals surface area contributed by atoms with E-state index in [-0.39, 0.29) is 36.2 Å². The van der Waals surface area contributed by atoms with E-state index in [9.17, 15) is 19.8 Å². The zero-order valence-electron chi connectivity index (χ0n) is 20.7. The summed E-state index contributed by atoms with van der Waals surface area (Å²) < 4.78 is 5.21. The number of carbonyl (C=O) groups excluding carboxylic acids is 2. The Hall–Kier alpha value is -2.94. The van der Waals surface area contributed by atoms with Gasteiger partial charge in [-0.15, -0.1) is 23.5 Å². The fourth-order valence-corrected chi connectivity index (χ4v) is 4.85. The fraction of sp³-hybridized carbons (Fsp3) is 0.286. The predicted molar refractivity (Wildman–Crippen MR) is 146 cm³/mol. The van der Waals surface area contributed by atoms with Crippen molar-refractivity contribution in [2.24, 2.45) is 0 Å². The molecule has 0 saturated carbocycles. The first kappa shape index (κ1) is 27.6. The number of ether oxygens (including phenoxy) is 1. The summed E-state index contributed by atoms with van der Waals surface area (Å²) in [5.41, 5.74) is 2.15. The zero-order chi connectivity index (χ0) is 26.1. The van der Waals surface area contributed by atoms with Crippen molar-refractivity contribution in [2.45, 2.75) is 22.6 Å². The minimum Gasteiger partial charge on any atom is -0.507 e. The van der Waals surface area contributed by atoms with E-state index in [0.717, 1.165) is 24.2 Å². The maximum atomic E-state index is 13.1. The highest BCUT2D eigenvalue weighted by atomic mass is 32.2. The molecule has 0 fully saturated rings. The smallest absolute Gasteiger partial charge is 0.176 e. The minimum absolute atomic E-state index is 0.0837. The zero-order valence-corrected chi connectivity index (χ0v) is 22.3. The van der Waals surface area contributed by atoms with Gasteiger partial charge in [0.05, 0.1) is 20.2 Å². The van der Waals surface area contributed by atoms with E-state index in [2.05, 4.69) is 0 Å². The van der Waals surface area contributed by atoms with Crippen molar-refractivity contribution in [1.82, 2.24) is 4.90 Å². The average Bonchev–Trinajstić information content (AvgIpc) is 2.89. The highest BCUT2D eigenvalue weighted by Crippen LogP contribution is 2.28. The van der Waals surface area contributed by atoms with Crippen molar-refractivity contribution >= 4 is 35.1 Å². The van der Waals surface area contributed by atoms with Crippen LogP contribution in [0.5, 0.6) is 17.2 Å². The van der Waals surface area contributed by atoms with Crippen LogP contribution < -0.4 is 4.74 Å². The van der Waals surface area contributed by atoms with Gasteiger partial charge in [-0.2, -0.15) is 0 Å². The van der Waals surface area contributed by atoms with Gasteiger partial charge in [0, 0.05) is 20.9 Å². The first-order chi connectivity index (χ1) is 17.3. The van der Waals surface area contributed by atoms with Gasteiger partial charge in [0.2, 0.25) is 0 Å². The van der Waals surface area contributed by atoms with E-state index < -0.39 is 0 Å². The Balaban J connectivity index is 1.73. The maximum Gasteiger partial charge on any atom is 0.176 e. The molecule has 0 amide bonds. The number of Topliss-reactive ketones (excluding diaryl/α,β-unsaturated/α-hetero) is 2. The van der Waals surface area contributed by atoms with Crippen molar-refractivity contribution in [2.75, 3.05) is 39.3 Å². The van der Waals surface area contributed by atoms with Crippen LogP contribution in [0.2, 0.25) is 0 Å². The van der Waals surface area contributed by atoms with Crippen molar-refractivity contribution in [1.29, 1.82) is 0 Å². The van der Waals surface area contributed by atoms with Gasteiger partial charge in [-0.25, -0.2) is 0 Å². The fourth-order valence-electron chi connectivity index (χ4n) is 3.80. The number of methoxy groups -OCH3 is 1. The average molecular weight is 526 g/mol. The lowest BCUT2D eigenvalue weighted by Crippen LogP contribution is -2.35. The summed E-state index contributed by atoms with van der Waals surface area (Å²) in [7, 11) is 1.63. The van der Waals surface area contributed by atoms with Crippen molar-refractivity contribution in [3.63, 3.8) is 0 Å². The number of carbonyl (C=O) groups is 2. The number of ketones is 2. The second-order valence-electron chi connectivity index (χ2n) is 8.28. The van der Waals surface area contributed by atoms with Gasteiger partial charge >= 0.3 is 0 Å². The second-order valence-corrected chi connectivity index (χ2v) is 9.98. The lowest BCUT2D eigenvalue weighted by atomic mass is 10.1. The van der Waals surface area contributed by atoms with Crippen LogP contribution in [0.4, 0.5) is 0 Å². The Morgan fingerprint density at radius 2 is 1.31 bits per heavy atom. The quantitative estimate of drug-likeness (QED) is 0.222. The normalized spacial score (nSPS) is 11.0. The standard InChI is InChI=1S/C28H31NO5S2/c1-34-22-10-6-19(7-11-22)5-4-14-29(17-25(32)20-8-12-23(30)27(15-20)35-2)18-26(33)21-9-13-24(31)28(16-21)36-3/h6-13,15-16,30-31H,4-5,14,17-18H2,1-3H3. The molecule has 0 saturated heterocycles. The minimum atomic E-state index is -0.113. The number of phenolic OH excluding ortho intramolecular Hbond substituents is 2. The van der Waals surface area contributed by atoms with Crippen LogP contribution in [-0.4, -0.2) is 65.9 Å². The molecule has 0 aliphatic heterocycles. The van der Waals surface area contributed by atoms with E-state index >= 15 is 0 Å². The monoisotopic (exact) mass is 525 g/mol. The van der Waals surface area contributed by atoms with Crippen molar-refractivity contribution in [3.8, 4) is 17.2 Å². The largest absolute Gasteiger partial charge is 0.507 e. The Kier molecular flexibility index (Phi) is 10.3. The van der Waals surface area contributed by atoms with Gasteiger partial charge in [0.25, 0.3) is 0 Å². The first-order valence-corrected chi connectivity index (χ1v) is 13.9. The van der Waals surface area contributed by atoms with Gasteiger partial charge in [0.1, 0.15) is 17.2 Å². The molecule has 0 spiro atoms. The molecule has 190 valence electrons. The number of nitrogens with zero attached hydrogens (tertiary/aromatic N) is 1. The third-order valence-electron chi connectivity index (χ3n) is 5.84. The molecule has 0 aliphatic carbocycles. The van der Waals surface area contributed by atoms with Gasteiger partial charge < -0.3 is 14.9 Å². The number of phenols is 2. The molecule has 36 heavy (non-hydrogen) atoms. The SMILES string of the molecule is COc1ccc(CCCN(CC(=O)c2ccc(O)c(SC)c2)CC(=O)c2ccc(O)c(SC)c2)cc1. The van der Waals surface area contributed by atoms with Crippen LogP contribution in [-0.2, 0) is 6.42 Å². The van der Waals surface area contributed by atoms with E-state index in [1.54, 1.807) is 31.4 Å². The van der Waals surface area contributed by atoms with Gasteiger partial charge in [-0.1, -0.05) is 12.1 Å². The molecule has 3 rings (SSSR count). The van der Waals surface area contributed by atoms with Crippen LogP contribution >= 0.6 is 23.5 Å². The molecular weight excluding hydrogens is 494 g/mol. The summed E-state index contributed by atoms with van der Waals surface area (Å²) in [6.07, 6.45) is 5.25. The molecule has 8 heteroatoms. The number of benzene rings is 3. The molecule has 3 aromatic rings. The summed E-state index contributed by atoms with van der Waals surface area (Å²) in [4.78, 5) is 29.4. The Morgan fingerprint density at radius 3 is 1.75 bits per heavy atom. The molecule has 2 N–H and O–H groups in total. The summed E-state index contributed by atoms with van der Waals surface area (Å²) in [6.45, 7) is 0.727. The van der Waals surface area contributed by atoms with Crippen LogP contribution in [0.25, 0.3) is 0 Å².